The summed E-state index contributed by atoms with van der Waals surface area (Å²) in [6.07, 6.45) is -3.94. The van der Waals surface area contributed by atoms with Gasteiger partial charge in [-0.15, -0.1) is 0 Å². The number of hydrogen-bond donors (Lipinski definition) is 1. The number of rotatable bonds is 5. The van der Waals surface area contributed by atoms with Crippen LogP contribution < -0.4 is 9.62 Å². The zero-order valence-corrected chi connectivity index (χ0v) is 14.2. The summed E-state index contributed by atoms with van der Waals surface area (Å²) in [7, 11) is -3.96. The molecule has 0 aromatic heterocycles. The summed E-state index contributed by atoms with van der Waals surface area (Å²) in [6, 6.07) is 2.42. The molecule has 0 unspecified atom stereocenters. The predicted octanol–water partition coefficient (Wildman–Crippen LogP) is 2.65. The molecule has 0 saturated heterocycles. The smallest absolute Gasteiger partial charge is 0.352 e. The first-order valence-electron chi connectivity index (χ1n) is 6.46. The topological polar surface area (TPSA) is 66.5 Å². The molecule has 0 aliphatic carbocycles. The van der Waals surface area contributed by atoms with Gasteiger partial charge in [-0.3, -0.25) is 9.10 Å². The fourth-order valence-corrected chi connectivity index (χ4v) is 2.86. The monoisotopic (exact) mass is 372 g/mol. The van der Waals surface area contributed by atoms with E-state index in [1.807, 2.05) is 0 Å². The van der Waals surface area contributed by atoms with Crippen molar-refractivity contribution in [3.63, 3.8) is 0 Å². The number of amides is 1. The lowest BCUT2D eigenvalue weighted by Gasteiger charge is -2.23. The van der Waals surface area contributed by atoms with Crippen molar-refractivity contribution in [2.45, 2.75) is 26.1 Å². The third-order valence-corrected chi connectivity index (χ3v) is 4.15. The summed E-state index contributed by atoms with van der Waals surface area (Å²) in [6.45, 7) is 2.72. The quantitative estimate of drug-likeness (QED) is 0.864. The molecule has 23 heavy (non-hydrogen) atoms. The van der Waals surface area contributed by atoms with Crippen molar-refractivity contribution in [1.29, 1.82) is 0 Å². The lowest BCUT2D eigenvalue weighted by molar-refractivity contribution is -0.137. The minimum atomic E-state index is -4.74. The van der Waals surface area contributed by atoms with Crippen molar-refractivity contribution in [2.24, 2.45) is 0 Å². The van der Waals surface area contributed by atoms with E-state index in [0.29, 0.717) is 10.4 Å². The molecule has 0 aliphatic heterocycles. The molecule has 0 radical (unpaired) electrons. The van der Waals surface area contributed by atoms with Gasteiger partial charge in [-0.05, 0) is 32.0 Å². The standard InChI is InChI=1S/C13H16ClF3N2O3S/c1-8(2)18-12(20)7-19(23(3,21)22)9-4-5-11(14)10(6-9)13(15,16)17/h4-6,8H,7H2,1-3H3,(H,18,20). The maximum absolute atomic E-state index is 12.9. The van der Waals surface area contributed by atoms with Crippen molar-refractivity contribution in [2.75, 3.05) is 17.1 Å². The molecule has 0 heterocycles. The van der Waals surface area contributed by atoms with Gasteiger partial charge in [0.25, 0.3) is 0 Å². The molecule has 1 aromatic carbocycles. The molecule has 0 bridgehead atoms. The van der Waals surface area contributed by atoms with Crippen LogP contribution in [-0.2, 0) is 21.0 Å². The first kappa shape index (κ1) is 19.6. The third kappa shape index (κ3) is 5.58. The third-order valence-electron chi connectivity index (χ3n) is 2.68. The second kappa shape index (κ2) is 6.96. The van der Waals surface area contributed by atoms with E-state index in [1.54, 1.807) is 13.8 Å². The van der Waals surface area contributed by atoms with E-state index in [4.69, 9.17) is 11.6 Å². The number of benzene rings is 1. The highest BCUT2D eigenvalue weighted by molar-refractivity contribution is 7.92. The van der Waals surface area contributed by atoms with Crippen LogP contribution in [0.15, 0.2) is 18.2 Å². The van der Waals surface area contributed by atoms with Crippen LogP contribution >= 0.6 is 11.6 Å². The van der Waals surface area contributed by atoms with Crippen molar-refractivity contribution in [3.8, 4) is 0 Å². The largest absolute Gasteiger partial charge is 0.417 e. The van der Waals surface area contributed by atoms with E-state index >= 15 is 0 Å². The lowest BCUT2D eigenvalue weighted by atomic mass is 10.2. The fraction of sp³-hybridized carbons (Fsp3) is 0.462. The lowest BCUT2D eigenvalue weighted by Crippen LogP contribution is -2.42. The van der Waals surface area contributed by atoms with Gasteiger partial charge in [-0.2, -0.15) is 13.2 Å². The molecular weight excluding hydrogens is 357 g/mol. The van der Waals surface area contributed by atoms with Crippen LogP contribution in [0.1, 0.15) is 19.4 Å². The molecule has 1 aromatic rings. The second-order valence-corrected chi connectivity index (χ2v) is 7.47. The van der Waals surface area contributed by atoms with Gasteiger partial charge in [0.05, 0.1) is 22.5 Å². The van der Waals surface area contributed by atoms with E-state index in [2.05, 4.69) is 5.32 Å². The molecule has 0 atom stereocenters. The Bertz CT molecular complexity index is 690. The molecule has 1 N–H and O–H groups in total. The summed E-state index contributed by atoms with van der Waals surface area (Å²) < 4.78 is 62.9. The maximum Gasteiger partial charge on any atom is 0.417 e. The van der Waals surface area contributed by atoms with Crippen molar-refractivity contribution in [1.82, 2.24) is 5.32 Å². The van der Waals surface area contributed by atoms with E-state index in [1.165, 1.54) is 0 Å². The molecule has 130 valence electrons. The van der Waals surface area contributed by atoms with Gasteiger partial charge in [0.2, 0.25) is 15.9 Å². The Morgan fingerprint density at radius 1 is 1.35 bits per heavy atom. The molecule has 0 aliphatic rings. The highest BCUT2D eigenvalue weighted by Crippen LogP contribution is 2.37. The van der Waals surface area contributed by atoms with Crippen LogP contribution in [-0.4, -0.2) is 33.2 Å². The molecule has 1 amide bonds. The van der Waals surface area contributed by atoms with Gasteiger partial charge in [-0.1, -0.05) is 11.6 Å². The van der Waals surface area contributed by atoms with E-state index in [0.717, 1.165) is 18.4 Å². The Labute approximate surface area is 137 Å². The van der Waals surface area contributed by atoms with Crippen LogP contribution in [0.3, 0.4) is 0 Å². The summed E-state index contributed by atoms with van der Waals surface area (Å²) in [5, 5.41) is 1.92. The zero-order chi connectivity index (χ0) is 18.0. The number of nitrogens with one attached hydrogen (secondary N) is 1. The van der Waals surface area contributed by atoms with Gasteiger partial charge in [0.15, 0.2) is 0 Å². The number of alkyl halides is 3. The van der Waals surface area contributed by atoms with E-state index < -0.39 is 39.2 Å². The number of halogens is 4. The number of hydrogen-bond acceptors (Lipinski definition) is 3. The normalized spacial score (nSPS) is 12.3. The average Bonchev–Trinajstić information content (AvgIpc) is 2.33. The van der Waals surface area contributed by atoms with Gasteiger partial charge in [-0.25, -0.2) is 8.42 Å². The number of nitrogens with zero attached hydrogens (tertiary/aromatic N) is 1. The van der Waals surface area contributed by atoms with Crippen LogP contribution in [0.25, 0.3) is 0 Å². The minimum absolute atomic E-state index is 0.236. The molecule has 10 heteroatoms. The molecule has 1 rings (SSSR count). The zero-order valence-electron chi connectivity index (χ0n) is 12.6. The number of sulfonamides is 1. The Morgan fingerprint density at radius 2 is 1.91 bits per heavy atom. The molecule has 0 saturated carbocycles. The predicted molar refractivity (Wildman–Crippen MR) is 81.9 cm³/mol. The number of anilines is 1. The van der Waals surface area contributed by atoms with Gasteiger partial charge < -0.3 is 5.32 Å². The SMILES string of the molecule is CC(C)NC(=O)CN(c1ccc(Cl)c(C(F)(F)F)c1)S(C)(=O)=O. The number of carbonyl (C=O) groups is 1. The Morgan fingerprint density at radius 3 is 2.35 bits per heavy atom. The van der Waals surface area contributed by atoms with Crippen LogP contribution in [0.2, 0.25) is 5.02 Å². The minimum Gasteiger partial charge on any atom is -0.352 e. The summed E-state index contributed by atoms with van der Waals surface area (Å²) in [5.41, 5.74) is -1.46. The van der Waals surface area contributed by atoms with Gasteiger partial charge in [0.1, 0.15) is 6.54 Å². The molecule has 0 spiro atoms. The van der Waals surface area contributed by atoms with Crippen molar-refractivity contribution >= 4 is 33.2 Å². The first-order chi connectivity index (χ1) is 10.3. The fourth-order valence-electron chi connectivity index (χ4n) is 1.78. The second-order valence-electron chi connectivity index (χ2n) is 5.15. The number of carbonyl (C=O) groups excluding carboxylic acids is 1. The molecule has 0 fully saturated rings. The van der Waals surface area contributed by atoms with Crippen LogP contribution in [0.4, 0.5) is 18.9 Å². The summed E-state index contributed by atoms with van der Waals surface area (Å²) in [5.74, 6) is -0.631. The Hall–Kier alpha value is -1.48. The average molecular weight is 373 g/mol. The summed E-state index contributed by atoms with van der Waals surface area (Å²) >= 11 is 5.51. The molecular formula is C13H16ClF3N2O3S. The highest BCUT2D eigenvalue weighted by Gasteiger charge is 2.34. The summed E-state index contributed by atoms with van der Waals surface area (Å²) in [4.78, 5) is 11.8. The molecule has 5 nitrogen and oxygen atoms in total. The Kier molecular flexibility index (Phi) is 5.92. The van der Waals surface area contributed by atoms with Crippen LogP contribution in [0.5, 0.6) is 0 Å². The van der Waals surface area contributed by atoms with Crippen molar-refractivity contribution in [3.05, 3.63) is 28.8 Å². The van der Waals surface area contributed by atoms with Crippen LogP contribution in [0, 0.1) is 0 Å². The maximum atomic E-state index is 12.9. The van der Waals surface area contributed by atoms with Gasteiger partial charge >= 0.3 is 6.18 Å². The first-order valence-corrected chi connectivity index (χ1v) is 8.69. The highest BCUT2D eigenvalue weighted by atomic mass is 35.5. The van der Waals surface area contributed by atoms with E-state index in [9.17, 15) is 26.4 Å². The van der Waals surface area contributed by atoms with Crippen molar-refractivity contribution < 1.29 is 26.4 Å². The van der Waals surface area contributed by atoms with Gasteiger partial charge in [0, 0.05) is 6.04 Å². The van der Waals surface area contributed by atoms with E-state index in [-0.39, 0.29) is 11.7 Å². The Balaban J connectivity index is 3.27.